The largest absolute Gasteiger partial charge is 0.491 e. The van der Waals surface area contributed by atoms with E-state index in [0.29, 0.717) is 34.2 Å². The molecule has 4 aromatic rings. The molecule has 0 bridgehead atoms. The van der Waals surface area contributed by atoms with E-state index in [2.05, 4.69) is 42.0 Å². The van der Waals surface area contributed by atoms with Gasteiger partial charge in [-0.25, -0.2) is 4.39 Å². The zero-order chi connectivity index (χ0) is 27.4. The molecule has 0 radical (unpaired) electrons. The van der Waals surface area contributed by atoms with Crippen molar-refractivity contribution in [2.45, 2.75) is 39.7 Å². The molecule has 2 aromatic carbocycles. The number of aromatic nitrogens is 3. The van der Waals surface area contributed by atoms with Crippen LogP contribution in [0.5, 0.6) is 11.8 Å². The Balaban J connectivity index is 1.94. The molecule has 0 amide bonds. The van der Waals surface area contributed by atoms with Gasteiger partial charge in [-0.2, -0.15) is 9.97 Å². The second-order valence-electron chi connectivity index (χ2n) is 9.15. The van der Waals surface area contributed by atoms with Crippen molar-refractivity contribution in [3.8, 4) is 29.8 Å². The van der Waals surface area contributed by atoms with E-state index in [9.17, 15) is 9.18 Å². The number of anilines is 1. The lowest BCUT2D eigenvalue weighted by Gasteiger charge is -2.24. The van der Waals surface area contributed by atoms with Gasteiger partial charge in [-0.1, -0.05) is 38.0 Å². The van der Waals surface area contributed by atoms with Gasteiger partial charge in [0.05, 0.1) is 36.6 Å². The van der Waals surface area contributed by atoms with Crippen molar-refractivity contribution in [2.75, 3.05) is 26.0 Å². The number of benzene rings is 2. The number of nitrogen functional groups attached to an aromatic ring is 1. The summed E-state index contributed by atoms with van der Waals surface area (Å²) in [4.78, 5) is 22.3. The minimum absolute atomic E-state index is 0.0210. The molecule has 0 aliphatic carbocycles. The van der Waals surface area contributed by atoms with Gasteiger partial charge in [0.15, 0.2) is 0 Å². The minimum atomic E-state index is -0.551. The third-order valence-electron chi connectivity index (χ3n) is 6.79. The first-order valence-electron chi connectivity index (χ1n) is 12.7. The van der Waals surface area contributed by atoms with E-state index in [-0.39, 0.29) is 34.9 Å². The van der Waals surface area contributed by atoms with Crippen molar-refractivity contribution in [2.24, 2.45) is 5.92 Å². The number of pyridine rings is 1. The van der Waals surface area contributed by atoms with Crippen LogP contribution in [-0.2, 0) is 0 Å². The smallest absolute Gasteiger partial charge is 0.318 e. The predicted molar refractivity (Wildman–Crippen MR) is 149 cm³/mol. The number of fused-ring (bicyclic) bond motifs is 2. The Kier molecular flexibility index (Phi) is 8.13. The van der Waals surface area contributed by atoms with Crippen molar-refractivity contribution >= 4 is 27.5 Å². The number of terminal acetylenes is 1. The highest BCUT2D eigenvalue weighted by Gasteiger charge is 2.22. The van der Waals surface area contributed by atoms with Crippen LogP contribution < -0.4 is 26.1 Å². The van der Waals surface area contributed by atoms with E-state index in [1.807, 2.05) is 6.07 Å². The molecule has 0 saturated carbocycles. The van der Waals surface area contributed by atoms with Crippen LogP contribution in [0.2, 0.25) is 0 Å². The van der Waals surface area contributed by atoms with Gasteiger partial charge < -0.3 is 20.5 Å². The molecule has 0 aliphatic heterocycles. The van der Waals surface area contributed by atoms with E-state index in [0.717, 1.165) is 19.4 Å². The molecule has 0 aliphatic rings. The van der Waals surface area contributed by atoms with Gasteiger partial charge in [-0.05, 0) is 43.8 Å². The SMILES string of the molecule is C#Cc1c(F)ccc2cccc(-n3cc(OC[C@@H](CC)C(C)NCCC)c4c(N)nc(OC)nc4c3=O)c12. The lowest BCUT2D eigenvalue weighted by atomic mass is 9.99. The Bertz CT molecular complexity index is 1580. The zero-order valence-corrected chi connectivity index (χ0v) is 22.0. The fourth-order valence-electron chi connectivity index (χ4n) is 4.62. The fraction of sp³-hybridized carbons (Fsp3) is 0.345. The normalized spacial score (nSPS) is 12.8. The van der Waals surface area contributed by atoms with E-state index < -0.39 is 11.4 Å². The molecule has 38 heavy (non-hydrogen) atoms. The molecule has 2 aromatic heterocycles. The summed E-state index contributed by atoms with van der Waals surface area (Å²) in [6.07, 6.45) is 9.13. The number of rotatable bonds is 10. The average molecular weight is 518 g/mol. The Labute approximate surface area is 221 Å². The van der Waals surface area contributed by atoms with E-state index in [1.165, 1.54) is 17.7 Å². The molecule has 4 rings (SSSR count). The fourth-order valence-corrected chi connectivity index (χ4v) is 4.62. The second kappa shape index (κ2) is 11.5. The number of nitrogens with two attached hydrogens (primary N) is 1. The summed E-state index contributed by atoms with van der Waals surface area (Å²) in [6, 6.07) is 8.39. The highest BCUT2D eigenvalue weighted by Crippen LogP contribution is 2.32. The van der Waals surface area contributed by atoms with Crippen LogP contribution in [0.25, 0.3) is 27.4 Å². The zero-order valence-electron chi connectivity index (χ0n) is 22.0. The average Bonchev–Trinajstić information content (AvgIpc) is 2.92. The third-order valence-corrected chi connectivity index (χ3v) is 6.79. The molecule has 3 N–H and O–H groups in total. The number of halogens is 1. The summed E-state index contributed by atoms with van der Waals surface area (Å²) >= 11 is 0. The molecule has 2 atom stereocenters. The lowest BCUT2D eigenvalue weighted by Crippen LogP contribution is -2.36. The Hall–Kier alpha value is -4.16. The van der Waals surface area contributed by atoms with Crippen LogP contribution in [0.15, 0.2) is 41.3 Å². The van der Waals surface area contributed by atoms with Crippen LogP contribution in [0.1, 0.15) is 39.2 Å². The molecule has 8 nitrogen and oxygen atoms in total. The number of hydrogen-bond donors (Lipinski definition) is 2. The molecule has 9 heteroatoms. The maximum atomic E-state index is 14.7. The Morgan fingerprint density at radius 3 is 2.68 bits per heavy atom. The van der Waals surface area contributed by atoms with Crippen LogP contribution in [0.3, 0.4) is 0 Å². The third kappa shape index (κ3) is 5.00. The van der Waals surface area contributed by atoms with Crippen molar-refractivity contribution < 1.29 is 13.9 Å². The lowest BCUT2D eigenvalue weighted by molar-refractivity contribution is 0.211. The summed E-state index contributed by atoms with van der Waals surface area (Å²) in [5, 5.41) is 4.92. The predicted octanol–water partition coefficient (Wildman–Crippen LogP) is 4.44. The second-order valence-corrected chi connectivity index (χ2v) is 9.15. The Morgan fingerprint density at radius 1 is 1.21 bits per heavy atom. The van der Waals surface area contributed by atoms with Crippen LogP contribution in [0, 0.1) is 24.1 Å². The quantitative estimate of drug-likeness (QED) is 0.300. The Morgan fingerprint density at radius 2 is 2.00 bits per heavy atom. The van der Waals surface area contributed by atoms with Gasteiger partial charge in [-0.3, -0.25) is 9.36 Å². The number of nitrogens with one attached hydrogen (secondary N) is 1. The first kappa shape index (κ1) is 26.9. The molecule has 0 spiro atoms. The van der Waals surface area contributed by atoms with Crippen molar-refractivity contribution in [1.82, 2.24) is 19.9 Å². The molecular weight excluding hydrogens is 485 g/mol. The molecule has 198 valence electrons. The molecule has 2 heterocycles. The number of hydrogen-bond acceptors (Lipinski definition) is 7. The first-order chi connectivity index (χ1) is 18.3. The summed E-state index contributed by atoms with van der Waals surface area (Å²) < 4.78 is 27.6. The first-order valence-corrected chi connectivity index (χ1v) is 12.7. The summed E-state index contributed by atoms with van der Waals surface area (Å²) in [7, 11) is 1.39. The van der Waals surface area contributed by atoms with Gasteiger partial charge in [-0.15, -0.1) is 6.42 Å². The topological polar surface area (TPSA) is 104 Å². The van der Waals surface area contributed by atoms with Gasteiger partial charge in [0.1, 0.15) is 22.9 Å². The van der Waals surface area contributed by atoms with Crippen LogP contribution in [-0.4, -0.2) is 40.8 Å². The van der Waals surface area contributed by atoms with E-state index >= 15 is 0 Å². The molecule has 1 unspecified atom stereocenters. The monoisotopic (exact) mass is 517 g/mol. The summed E-state index contributed by atoms with van der Waals surface area (Å²) in [6.45, 7) is 7.62. The molecule has 0 fully saturated rings. The van der Waals surface area contributed by atoms with E-state index in [1.54, 1.807) is 24.4 Å². The van der Waals surface area contributed by atoms with Gasteiger partial charge in [0, 0.05) is 17.3 Å². The van der Waals surface area contributed by atoms with Gasteiger partial charge in [0.25, 0.3) is 5.56 Å². The van der Waals surface area contributed by atoms with Gasteiger partial charge >= 0.3 is 6.01 Å². The molecule has 0 saturated heterocycles. The maximum Gasteiger partial charge on any atom is 0.318 e. The van der Waals surface area contributed by atoms with Crippen molar-refractivity contribution in [1.29, 1.82) is 0 Å². The highest BCUT2D eigenvalue weighted by atomic mass is 19.1. The maximum absolute atomic E-state index is 14.7. The number of nitrogens with zero attached hydrogens (tertiary/aromatic N) is 3. The highest BCUT2D eigenvalue weighted by molar-refractivity contribution is 5.97. The number of methoxy groups -OCH3 is 1. The van der Waals surface area contributed by atoms with E-state index in [4.69, 9.17) is 21.6 Å². The van der Waals surface area contributed by atoms with Gasteiger partial charge in [0.2, 0.25) is 0 Å². The van der Waals surface area contributed by atoms with Crippen LogP contribution in [0.4, 0.5) is 10.2 Å². The minimum Gasteiger partial charge on any atom is -0.491 e. The summed E-state index contributed by atoms with van der Waals surface area (Å²) in [5.41, 5.74) is 6.25. The van der Waals surface area contributed by atoms with Crippen molar-refractivity contribution in [3.05, 3.63) is 58.3 Å². The molecular formula is C29H32FN5O3. The van der Waals surface area contributed by atoms with Crippen LogP contribution >= 0.6 is 0 Å². The van der Waals surface area contributed by atoms with Crippen molar-refractivity contribution in [3.63, 3.8) is 0 Å². The standard InChI is InChI=1S/C29H32FN5O3/c1-6-14-32-17(4)18(7-2)16-38-23-15-35(28(36)26-25(23)27(31)34-29(33-26)37-5)22-11-9-10-19-12-13-21(30)20(8-3)24(19)22/h3,9-13,15,17-18,32H,6-7,14,16H2,1-2,4-5H3,(H2,31,33,34)/t17?,18-/m1/s1. The number of ether oxygens (including phenoxy) is 2. The summed E-state index contributed by atoms with van der Waals surface area (Å²) in [5.74, 6) is 2.46.